The molecule has 1 aliphatic rings. The van der Waals surface area contributed by atoms with Crippen molar-refractivity contribution in [3.63, 3.8) is 0 Å². The summed E-state index contributed by atoms with van der Waals surface area (Å²) in [4.78, 5) is 16.3. The van der Waals surface area contributed by atoms with Crippen LogP contribution >= 0.6 is 0 Å². The van der Waals surface area contributed by atoms with Gasteiger partial charge >= 0.3 is 0 Å². The van der Waals surface area contributed by atoms with Gasteiger partial charge in [0.15, 0.2) is 5.82 Å². The Hall–Kier alpha value is -3.34. The Balaban J connectivity index is 1.54. The van der Waals surface area contributed by atoms with E-state index < -0.39 is 24.4 Å². The summed E-state index contributed by atoms with van der Waals surface area (Å²) in [5.74, 6) is 0.404. The van der Waals surface area contributed by atoms with Crippen molar-refractivity contribution < 1.29 is 23.0 Å². The first-order chi connectivity index (χ1) is 16.6. The van der Waals surface area contributed by atoms with Crippen LogP contribution in [-0.2, 0) is 6.54 Å². The number of aromatic nitrogens is 5. The zero-order valence-electron chi connectivity index (χ0n) is 19.7. The number of H-pyrrole nitrogens is 1. The molecular weight excluding hydrogens is 461 g/mol. The largest absolute Gasteiger partial charge is 0.480 e. The maximum absolute atomic E-state index is 15.0. The van der Waals surface area contributed by atoms with Crippen molar-refractivity contribution >= 4 is 28.0 Å². The number of ether oxygens (including phenoxy) is 1. The highest BCUT2D eigenvalue weighted by molar-refractivity contribution is 5.99. The summed E-state index contributed by atoms with van der Waals surface area (Å²) >= 11 is 0. The van der Waals surface area contributed by atoms with Crippen molar-refractivity contribution in [2.75, 3.05) is 12.4 Å². The second-order valence-corrected chi connectivity index (χ2v) is 9.38. The number of aromatic amines is 1. The van der Waals surface area contributed by atoms with Crippen LogP contribution in [-0.4, -0.2) is 54.8 Å². The second kappa shape index (κ2) is 8.71. The Bertz CT molecular complexity index is 1390. The molecule has 0 unspecified atom stereocenters. The Labute approximate surface area is 199 Å². The van der Waals surface area contributed by atoms with E-state index in [1.54, 1.807) is 19.2 Å². The van der Waals surface area contributed by atoms with E-state index in [9.17, 15) is 18.3 Å². The minimum Gasteiger partial charge on any atom is -0.480 e. The number of hydrogen-bond acceptors (Lipinski definition) is 6. The van der Waals surface area contributed by atoms with Gasteiger partial charge in [-0.2, -0.15) is 9.97 Å². The standard InChI is InChI=1S/C24H27F3N6O2/c1-12-29-20-16(25)8-13(9-17(20)33(12)11-18(26)27)15-10-28-21-19(15)22(35-3)32-23(31-21)30-14-4-6-24(2,34)7-5-14/h8-10,14,18,34H,4-7,11H2,1-3H3,(H2,28,30,31,32)/t14-,24-. The molecule has 1 saturated carbocycles. The number of hydrogen-bond donors (Lipinski definition) is 3. The van der Waals surface area contributed by atoms with E-state index in [0.29, 0.717) is 58.2 Å². The molecule has 0 spiro atoms. The average molecular weight is 489 g/mol. The molecule has 0 atom stereocenters. The molecule has 1 aromatic carbocycles. The van der Waals surface area contributed by atoms with Gasteiger partial charge in [-0.1, -0.05) is 0 Å². The van der Waals surface area contributed by atoms with E-state index in [1.165, 1.54) is 17.7 Å². The number of aryl methyl sites for hydroxylation is 1. The molecule has 5 rings (SSSR count). The highest BCUT2D eigenvalue weighted by Gasteiger charge is 2.29. The summed E-state index contributed by atoms with van der Waals surface area (Å²) in [6.07, 6.45) is 2.03. The number of nitrogens with one attached hydrogen (secondary N) is 2. The number of fused-ring (bicyclic) bond motifs is 2. The molecule has 0 amide bonds. The van der Waals surface area contributed by atoms with Crippen LogP contribution in [0.3, 0.4) is 0 Å². The van der Waals surface area contributed by atoms with E-state index in [2.05, 4.69) is 25.3 Å². The van der Waals surface area contributed by atoms with E-state index >= 15 is 0 Å². The molecule has 11 heteroatoms. The first kappa shape index (κ1) is 23.4. The lowest BCUT2D eigenvalue weighted by Gasteiger charge is -2.33. The van der Waals surface area contributed by atoms with Gasteiger partial charge in [-0.25, -0.2) is 18.2 Å². The summed E-state index contributed by atoms with van der Waals surface area (Å²) in [5, 5.41) is 14.1. The lowest BCUT2D eigenvalue weighted by Crippen LogP contribution is -2.36. The molecular formula is C24H27F3N6O2. The van der Waals surface area contributed by atoms with Crippen LogP contribution in [0.15, 0.2) is 18.3 Å². The third-order valence-corrected chi connectivity index (χ3v) is 6.72. The van der Waals surface area contributed by atoms with Crippen molar-refractivity contribution in [1.29, 1.82) is 0 Å². The monoisotopic (exact) mass is 488 g/mol. The molecule has 0 bridgehead atoms. The van der Waals surface area contributed by atoms with Crippen LogP contribution in [0.4, 0.5) is 19.1 Å². The molecule has 3 N–H and O–H groups in total. The normalized spacial score (nSPS) is 20.7. The van der Waals surface area contributed by atoms with Crippen molar-refractivity contribution in [2.45, 2.75) is 64.1 Å². The summed E-state index contributed by atoms with van der Waals surface area (Å²) < 4.78 is 48.1. The van der Waals surface area contributed by atoms with Crippen LogP contribution in [0.5, 0.6) is 5.88 Å². The fourth-order valence-corrected chi connectivity index (χ4v) is 4.83. The number of aliphatic hydroxyl groups is 1. The summed E-state index contributed by atoms with van der Waals surface area (Å²) in [5.41, 5.74) is 1.24. The number of halogens is 3. The van der Waals surface area contributed by atoms with Crippen LogP contribution in [0.25, 0.3) is 33.2 Å². The first-order valence-corrected chi connectivity index (χ1v) is 11.5. The predicted molar refractivity (Wildman–Crippen MR) is 126 cm³/mol. The quantitative estimate of drug-likeness (QED) is 0.360. The number of anilines is 1. The van der Waals surface area contributed by atoms with Crippen LogP contribution in [0.1, 0.15) is 38.4 Å². The minimum absolute atomic E-state index is 0.0490. The zero-order valence-corrected chi connectivity index (χ0v) is 19.7. The summed E-state index contributed by atoms with van der Waals surface area (Å²) in [7, 11) is 1.49. The fraction of sp³-hybridized carbons (Fsp3) is 0.458. The third-order valence-electron chi connectivity index (χ3n) is 6.72. The van der Waals surface area contributed by atoms with Crippen molar-refractivity contribution in [2.24, 2.45) is 0 Å². The van der Waals surface area contributed by atoms with Gasteiger partial charge < -0.3 is 24.7 Å². The molecule has 4 aromatic rings. The molecule has 186 valence electrons. The number of rotatable bonds is 6. The maximum Gasteiger partial charge on any atom is 0.256 e. The van der Waals surface area contributed by atoms with Gasteiger partial charge in [0.05, 0.1) is 30.2 Å². The molecule has 0 radical (unpaired) electrons. The van der Waals surface area contributed by atoms with Crippen molar-refractivity contribution in [3.05, 3.63) is 30.0 Å². The van der Waals surface area contributed by atoms with Crippen LogP contribution in [0, 0.1) is 12.7 Å². The number of nitrogens with zero attached hydrogens (tertiary/aromatic N) is 4. The zero-order chi connectivity index (χ0) is 24.9. The Morgan fingerprint density at radius 2 is 2.00 bits per heavy atom. The van der Waals surface area contributed by atoms with E-state index in [1.807, 2.05) is 6.92 Å². The Morgan fingerprint density at radius 1 is 1.26 bits per heavy atom. The Morgan fingerprint density at radius 3 is 2.69 bits per heavy atom. The topological polar surface area (TPSA) is 101 Å². The molecule has 1 aliphatic carbocycles. The van der Waals surface area contributed by atoms with Crippen LogP contribution < -0.4 is 10.1 Å². The van der Waals surface area contributed by atoms with Crippen molar-refractivity contribution in [3.8, 4) is 17.0 Å². The van der Waals surface area contributed by atoms with Gasteiger partial charge in [0.2, 0.25) is 11.8 Å². The van der Waals surface area contributed by atoms with Gasteiger partial charge in [0.1, 0.15) is 17.0 Å². The number of imidazole rings is 1. The highest BCUT2D eigenvalue weighted by Crippen LogP contribution is 2.37. The minimum atomic E-state index is -2.60. The van der Waals surface area contributed by atoms with E-state index in [4.69, 9.17) is 4.74 Å². The number of alkyl halides is 2. The van der Waals surface area contributed by atoms with E-state index in [-0.39, 0.29) is 11.6 Å². The fourth-order valence-electron chi connectivity index (χ4n) is 4.83. The number of benzene rings is 1. The average Bonchev–Trinajstić information content (AvgIpc) is 3.36. The molecule has 8 nitrogen and oxygen atoms in total. The lowest BCUT2D eigenvalue weighted by molar-refractivity contribution is 0.0195. The molecule has 35 heavy (non-hydrogen) atoms. The van der Waals surface area contributed by atoms with Gasteiger partial charge in [0, 0.05) is 17.8 Å². The SMILES string of the molecule is COc1nc(N[C@H]2CC[C@](C)(O)CC2)nc2[nH]cc(-c3cc(F)c4nc(C)n(CC(F)F)c4c3)c12. The Kier molecular flexibility index (Phi) is 5.82. The molecule has 3 aromatic heterocycles. The molecule has 0 aliphatic heterocycles. The van der Waals surface area contributed by atoms with E-state index in [0.717, 1.165) is 12.8 Å². The molecule has 3 heterocycles. The summed E-state index contributed by atoms with van der Waals surface area (Å²) in [6.45, 7) is 2.85. The molecule has 0 saturated heterocycles. The summed E-state index contributed by atoms with van der Waals surface area (Å²) in [6, 6.07) is 3.09. The first-order valence-electron chi connectivity index (χ1n) is 11.5. The maximum atomic E-state index is 15.0. The van der Waals surface area contributed by atoms with Crippen molar-refractivity contribution in [1.82, 2.24) is 24.5 Å². The van der Waals surface area contributed by atoms with Crippen LogP contribution in [0.2, 0.25) is 0 Å². The van der Waals surface area contributed by atoms with Gasteiger partial charge in [0.25, 0.3) is 6.43 Å². The van der Waals surface area contributed by atoms with Gasteiger partial charge in [-0.05, 0) is 57.2 Å². The highest BCUT2D eigenvalue weighted by atomic mass is 19.3. The number of methoxy groups -OCH3 is 1. The second-order valence-electron chi connectivity index (χ2n) is 9.38. The smallest absolute Gasteiger partial charge is 0.256 e. The van der Waals surface area contributed by atoms with Gasteiger partial charge in [-0.15, -0.1) is 0 Å². The predicted octanol–water partition coefficient (Wildman–Crippen LogP) is 4.80. The third kappa shape index (κ3) is 4.40. The molecule has 1 fully saturated rings. The van der Waals surface area contributed by atoms with Gasteiger partial charge in [-0.3, -0.25) is 0 Å². The lowest BCUT2D eigenvalue weighted by atomic mass is 9.84.